The maximum atomic E-state index is 9.69. The van der Waals surface area contributed by atoms with Crippen LogP contribution in [-0.4, -0.2) is 29.2 Å². The topological polar surface area (TPSA) is 23.5 Å². The van der Waals surface area contributed by atoms with Crippen molar-refractivity contribution in [3.8, 4) is 0 Å². The molecular formula is C12H21NO. The van der Waals surface area contributed by atoms with Crippen LogP contribution < -0.4 is 0 Å². The Morgan fingerprint density at radius 1 is 1.36 bits per heavy atom. The molecule has 1 aliphatic carbocycles. The highest BCUT2D eigenvalue weighted by molar-refractivity contribution is 5.22. The summed E-state index contributed by atoms with van der Waals surface area (Å²) in [4.78, 5) is 2.14. The molecule has 0 aromatic carbocycles. The van der Waals surface area contributed by atoms with Gasteiger partial charge in [0, 0.05) is 19.3 Å². The standard InChI is InChI=1S/C12H21NO/c1-10-5-7-11(8-6-10)13(4)9-12(2,3)14/h5,7,14H,6,8-9H2,1-4H3. The Bertz CT molecular complexity index is 258. The Labute approximate surface area is 86.9 Å². The monoisotopic (exact) mass is 195 g/mol. The van der Waals surface area contributed by atoms with Crippen molar-refractivity contribution in [1.82, 2.24) is 4.90 Å². The normalized spacial score (nSPS) is 17.5. The summed E-state index contributed by atoms with van der Waals surface area (Å²) < 4.78 is 0. The van der Waals surface area contributed by atoms with E-state index in [-0.39, 0.29) is 0 Å². The Morgan fingerprint density at radius 3 is 2.43 bits per heavy atom. The average molecular weight is 195 g/mol. The Hall–Kier alpha value is -0.760. The number of hydrogen-bond acceptors (Lipinski definition) is 2. The maximum Gasteiger partial charge on any atom is 0.0765 e. The molecule has 0 heterocycles. The van der Waals surface area contributed by atoms with Gasteiger partial charge >= 0.3 is 0 Å². The van der Waals surface area contributed by atoms with Crippen molar-refractivity contribution in [3.05, 3.63) is 23.4 Å². The zero-order valence-corrected chi connectivity index (χ0v) is 9.67. The van der Waals surface area contributed by atoms with Crippen LogP contribution in [0.3, 0.4) is 0 Å². The summed E-state index contributed by atoms with van der Waals surface area (Å²) in [5.74, 6) is 0. The zero-order chi connectivity index (χ0) is 10.8. The number of aliphatic hydroxyl groups is 1. The first-order valence-corrected chi connectivity index (χ1v) is 5.18. The van der Waals surface area contributed by atoms with E-state index < -0.39 is 5.60 Å². The zero-order valence-electron chi connectivity index (χ0n) is 9.67. The summed E-state index contributed by atoms with van der Waals surface area (Å²) in [6.07, 6.45) is 6.56. The third-order valence-corrected chi connectivity index (χ3v) is 2.45. The van der Waals surface area contributed by atoms with Crippen molar-refractivity contribution >= 4 is 0 Å². The lowest BCUT2D eigenvalue weighted by Crippen LogP contribution is -2.36. The Kier molecular flexibility index (Phi) is 3.38. The summed E-state index contributed by atoms with van der Waals surface area (Å²) in [6, 6.07) is 0. The van der Waals surface area contributed by atoms with Crippen molar-refractivity contribution in [1.29, 1.82) is 0 Å². The lowest BCUT2D eigenvalue weighted by atomic mass is 10.0. The molecule has 0 amide bonds. The molecule has 0 bridgehead atoms. The van der Waals surface area contributed by atoms with E-state index in [4.69, 9.17) is 0 Å². The summed E-state index contributed by atoms with van der Waals surface area (Å²) >= 11 is 0. The highest BCUT2D eigenvalue weighted by Gasteiger charge is 2.17. The summed E-state index contributed by atoms with van der Waals surface area (Å²) in [7, 11) is 2.04. The van der Waals surface area contributed by atoms with E-state index in [2.05, 4.69) is 24.0 Å². The Morgan fingerprint density at radius 2 is 2.00 bits per heavy atom. The first-order valence-electron chi connectivity index (χ1n) is 5.18. The van der Waals surface area contributed by atoms with E-state index in [9.17, 15) is 5.11 Å². The molecular weight excluding hydrogens is 174 g/mol. The van der Waals surface area contributed by atoms with Gasteiger partial charge in [0.2, 0.25) is 0 Å². The molecule has 0 fully saturated rings. The first-order chi connectivity index (χ1) is 6.38. The molecule has 0 spiro atoms. The molecule has 0 aliphatic heterocycles. The van der Waals surface area contributed by atoms with Crippen LogP contribution in [0.5, 0.6) is 0 Å². The van der Waals surface area contributed by atoms with Crippen molar-refractivity contribution < 1.29 is 5.11 Å². The molecule has 0 aromatic heterocycles. The molecule has 80 valence electrons. The maximum absolute atomic E-state index is 9.69. The van der Waals surface area contributed by atoms with E-state index in [1.807, 2.05) is 20.9 Å². The second-order valence-electron chi connectivity index (χ2n) is 4.84. The third-order valence-electron chi connectivity index (χ3n) is 2.45. The van der Waals surface area contributed by atoms with Gasteiger partial charge in [0.15, 0.2) is 0 Å². The van der Waals surface area contributed by atoms with Crippen LogP contribution in [0.25, 0.3) is 0 Å². The van der Waals surface area contributed by atoms with Gasteiger partial charge in [-0.1, -0.05) is 11.6 Å². The number of likely N-dealkylation sites (N-methyl/N-ethyl adjacent to an activating group) is 1. The van der Waals surface area contributed by atoms with Crippen LogP contribution in [-0.2, 0) is 0 Å². The van der Waals surface area contributed by atoms with Crippen LogP contribution in [0, 0.1) is 0 Å². The highest BCUT2D eigenvalue weighted by Crippen LogP contribution is 2.21. The molecule has 0 atom stereocenters. The van der Waals surface area contributed by atoms with Crippen LogP contribution in [0.2, 0.25) is 0 Å². The van der Waals surface area contributed by atoms with E-state index in [0.717, 1.165) is 12.8 Å². The lowest BCUT2D eigenvalue weighted by Gasteiger charge is -2.30. The van der Waals surface area contributed by atoms with Crippen LogP contribution in [0.1, 0.15) is 33.6 Å². The van der Waals surface area contributed by atoms with Crippen molar-refractivity contribution in [2.45, 2.75) is 39.2 Å². The van der Waals surface area contributed by atoms with Crippen molar-refractivity contribution in [2.75, 3.05) is 13.6 Å². The van der Waals surface area contributed by atoms with E-state index in [1.54, 1.807) is 0 Å². The number of nitrogens with zero attached hydrogens (tertiary/aromatic N) is 1. The first kappa shape index (κ1) is 11.3. The molecule has 0 unspecified atom stereocenters. The fourth-order valence-electron chi connectivity index (χ4n) is 1.73. The van der Waals surface area contributed by atoms with Gasteiger partial charge in [-0.05, 0) is 39.7 Å². The van der Waals surface area contributed by atoms with E-state index >= 15 is 0 Å². The van der Waals surface area contributed by atoms with Gasteiger partial charge in [0.25, 0.3) is 0 Å². The molecule has 1 rings (SSSR count). The summed E-state index contributed by atoms with van der Waals surface area (Å²) in [6.45, 7) is 6.52. The highest BCUT2D eigenvalue weighted by atomic mass is 16.3. The summed E-state index contributed by atoms with van der Waals surface area (Å²) in [5, 5.41) is 9.69. The van der Waals surface area contributed by atoms with Gasteiger partial charge in [-0.25, -0.2) is 0 Å². The molecule has 0 radical (unpaired) electrons. The molecule has 0 saturated carbocycles. The van der Waals surface area contributed by atoms with Crippen LogP contribution in [0.15, 0.2) is 23.4 Å². The van der Waals surface area contributed by atoms with Gasteiger partial charge in [0.1, 0.15) is 0 Å². The van der Waals surface area contributed by atoms with Gasteiger partial charge in [0.05, 0.1) is 5.60 Å². The second-order valence-corrected chi connectivity index (χ2v) is 4.84. The molecule has 1 aliphatic rings. The van der Waals surface area contributed by atoms with Crippen molar-refractivity contribution in [2.24, 2.45) is 0 Å². The smallest absolute Gasteiger partial charge is 0.0765 e. The van der Waals surface area contributed by atoms with Crippen LogP contribution >= 0.6 is 0 Å². The molecule has 2 nitrogen and oxygen atoms in total. The van der Waals surface area contributed by atoms with Gasteiger partial charge in [-0.15, -0.1) is 0 Å². The molecule has 2 heteroatoms. The van der Waals surface area contributed by atoms with Gasteiger partial charge < -0.3 is 10.0 Å². The van der Waals surface area contributed by atoms with Crippen molar-refractivity contribution in [3.63, 3.8) is 0 Å². The van der Waals surface area contributed by atoms with Crippen LogP contribution in [0.4, 0.5) is 0 Å². The SMILES string of the molecule is CC1=CC=C(N(C)CC(C)(C)O)CC1. The fraction of sp³-hybridized carbons (Fsp3) is 0.667. The molecule has 1 N–H and O–H groups in total. The third kappa shape index (κ3) is 3.54. The number of allylic oxidation sites excluding steroid dienone is 4. The lowest BCUT2D eigenvalue weighted by molar-refractivity contribution is 0.0527. The summed E-state index contributed by atoms with van der Waals surface area (Å²) in [5.41, 5.74) is 2.13. The predicted octanol–water partition coefficient (Wildman–Crippen LogP) is 2.31. The second kappa shape index (κ2) is 4.18. The minimum Gasteiger partial charge on any atom is -0.389 e. The molecule has 14 heavy (non-hydrogen) atoms. The van der Waals surface area contributed by atoms with E-state index in [1.165, 1.54) is 11.3 Å². The number of hydrogen-bond donors (Lipinski definition) is 1. The largest absolute Gasteiger partial charge is 0.389 e. The molecule has 0 aromatic rings. The van der Waals surface area contributed by atoms with Gasteiger partial charge in [-0.2, -0.15) is 0 Å². The molecule has 0 saturated heterocycles. The fourth-order valence-corrected chi connectivity index (χ4v) is 1.73. The van der Waals surface area contributed by atoms with Gasteiger partial charge in [-0.3, -0.25) is 0 Å². The Balaban J connectivity index is 2.58. The minimum absolute atomic E-state index is 0.619. The number of rotatable bonds is 3. The quantitative estimate of drug-likeness (QED) is 0.747. The van der Waals surface area contributed by atoms with E-state index in [0.29, 0.717) is 6.54 Å². The predicted molar refractivity (Wildman–Crippen MR) is 60.0 cm³/mol. The minimum atomic E-state index is -0.619. The average Bonchev–Trinajstić information content (AvgIpc) is 2.02.